The van der Waals surface area contributed by atoms with Gasteiger partial charge in [-0.3, -0.25) is 0 Å². The van der Waals surface area contributed by atoms with Gasteiger partial charge in [0.2, 0.25) is 0 Å². The number of benzene rings is 1. The molecule has 0 bridgehead atoms. The molecule has 1 aliphatic rings. The first-order valence-corrected chi connectivity index (χ1v) is 8.55. The van der Waals surface area contributed by atoms with Crippen LogP contribution in [0.1, 0.15) is 22.5 Å². The Morgan fingerprint density at radius 3 is 3.04 bits per heavy atom. The van der Waals surface area contributed by atoms with Crippen LogP contribution in [-0.2, 0) is 11.3 Å². The van der Waals surface area contributed by atoms with Gasteiger partial charge in [0, 0.05) is 44.1 Å². The molecule has 1 atom stereocenters. The van der Waals surface area contributed by atoms with E-state index in [0.717, 1.165) is 37.5 Å². The van der Waals surface area contributed by atoms with E-state index in [-0.39, 0.29) is 5.97 Å². The molecule has 0 radical (unpaired) electrons. The third-order valence-corrected chi connectivity index (χ3v) is 4.61. The van der Waals surface area contributed by atoms with Crippen LogP contribution in [0.5, 0.6) is 5.75 Å². The quantitative estimate of drug-likeness (QED) is 0.756. The average molecular weight is 343 g/mol. The van der Waals surface area contributed by atoms with Crippen LogP contribution in [0.25, 0.3) is 0 Å². The van der Waals surface area contributed by atoms with Crippen molar-refractivity contribution in [3.8, 4) is 5.75 Å². The molecule has 134 valence electrons. The number of anilines is 1. The highest BCUT2D eigenvalue weighted by atomic mass is 16.5. The number of H-pyrrole nitrogens is 1. The van der Waals surface area contributed by atoms with Gasteiger partial charge in [-0.1, -0.05) is 6.07 Å². The first-order chi connectivity index (χ1) is 12.2. The zero-order valence-electron chi connectivity index (χ0n) is 14.7. The second-order valence-electron chi connectivity index (χ2n) is 6.35. The number of nitrogens with zero attached hydrogens (tertiary/aromatic N) is 1. The number of rotatable bonds is 7. The van der Waals surface area contributed by atoms with E-state index in [0.29, 0.717) is 11.6 Å². The predicted octanol–water partition coefficient (Wildman–Crippen LogP) is 2.43. The molecule has 2 N–H and O–H groups in total. The second kappa shape index (κ2) is 8.07. The maximum atomic E-state index is 11.4. The van der Waals surface area contributed by atoms with Gasteiger partial charge in [-0.25, -0.2) is 4.79 Å². The van der Waals surface area contributed by atoms with Crippen LogP contribution >= 0.6 is 0 Å². The van der Waals surface area contributed by atoms with Crippen LogP contribution in [0.2, 0.25) is 0 Å². The topological polar surface area (TPSA) is 66.6 Å². The summed E-state index contributed by atoms with van der Waals surface area (Å²) in [4.78, 5) is 16.8. The van der Waals surface area contributed by atoms with Gasteiger partial charge >= 0.3 is 5.97 Å². The van der Waals surface area contributed by atoms with Crippen LogP contribution in [-0.4, -0.2) is 44.8 Å². The monoisotopic (exact) mass is 343 g/mol. The number of hydrogen-bond donors (Lipinski definition) is 2. The number of methoxy groups -OCH3 is 2. The fraction of sp³-hybridized carbons (Fsp3) is 0.421. The van der Waals surface area contributed by atoms with Crippen molar-refractivity contribution in [1.29, 1.82) is 0 Å². The summed E-state index contributed by atoms with van der Waals surface area (Å²) in [7, 11) is 3.08. The Morgan fingerprint density at radius 2 is 2.24 bits per heavy atom. The van der Waals surface area contributed by atoms with E-state index in [4.69, 9.17) is 9.47 Å². The number of carbonyl (C=O) groups is 1. The summed E-state index contributed by atoms with van der Waals surface area (Å²) in [5, 5.41) is 3.48. The van der Waals surface area contributed by atoms with Crippen LogP contribution in [0.3, 0.4) is 0 Å². The lowest BCUT2D eigenvalue weighted by atomic mass is 10.1. The van der Waals surface area contributed by atoms with Gasteiger partial charge in [0.05, 0.1) is 14.2 Å². The molecule has 1 fully saturated rings. The number of aromatic amines is 1. The lowest BCUT2D eigenvalue weighted by molar-refractivity contribution is 0.0595. The fourth-order valence-corrected chi connectivity index (χ4v) is 3.23. The summed E-state index contributed by atoms with van der Waals surface area (Å²) in [6, 6.07) is 10.1. The highest BCUT2D eigenvalue weighted by molar-refractivity contribution is 5.87. The van der Waals surface area contributed by atoms with Crippen LogP contribution in [0.15, 0.2) is 36.5 Å². The lowest BCUT2D eigenvalue weighted by Gasteiger charge is -2.19. The third kappa shape index (κ3) is 4.33. The molecule has 1 aromatic heterocycles. The molecule has 1 saturated heterocycles. The average Bonchev–Trinajstić information content (AvgIpc) is 3.31. The molecule has 6 nitrogen and oxygen atoms in total. The van der Waals surface area contributed by atoms with Gasteiger partial charge in [0.25, 0.3) is 0 Å². The molecule has 1 unspecified atom stereocenters. The molecule has 0 saturated carbocycles. The van der Waals surface area contributed by atoms with E-state index in [2.05, 4.69) is 27.3 Å². The molecular weight excluding hydrogens is 318 g/mol. The van der Waals surface area contributed by atoms with Gasteiger partial charge < -0.3 is 24.7 Å². The van der Waals surface area contributed by atoms with E-state index < -0.39 is 0 Å². The first kappa shape index (κ1) is 17.4. The number of aromatic nitrogens is 1. The van der Waals surface area contributed by atoms with E-state index in [1.807, 2.05) is 24.4 Å². The Hall–Kier alpha value is -2.47. The van der Waals surface area contributed by atoms with Crippen molar-refractivity contribution in [2.45, 2.75) is 13.0 Å². The van der Waals surface area contributed by atoms with Crippen LogP contribution in [0.4, 0.5) is 5.69 Å². The Balaban J connectivity index is 1.45. The Morgan fingerprint density at radius 1 is 1.36 bits per heavy atom. The standard InChI is InChI=1S/C19H25N3O3/c1-24-17-5-3-4-16(9-17)22-7-6-14(13-22)10-20-11-15-8-18(21-12-15)19(23)25-2/h3-5,8-9,12,14,20-21H,6-7,10-11,13H2,1-2H3. The highest BCUT2D eigenvalue weighted by Gasteiger charge is 2.22. The zero-order valence-corrected chi connectivity index (χ0v) is 14.7. The van der Waals surface area contributed by atoms with Gasteiger partial charge in [-0.15, -0.1) is 0 Å². The van der Waals surface area contributed by atoms with Crippen LogP contribution < -0.4 is 15.0 Å². The lowest BCUT2D eigenvalue weighted by Crippen LogP contribution is -2.26. The maximum absolute atomic E-state index is 11.4. The molecule has 0 spiro atoms. The molecule has 6 heteroatoms. The number of carbonyl (C=O) groups excluding carboxylic acids is 1. The molecule has 0 aliphatic carbocycles. The van der Waals surface area contributed by atoms with E-state index in [9.17, 15) is 4.79 Å². The fourth-order valence-electron chi connectivity index (χ4n) is 3.23. The van der Waals surface area contributed by atoms with Crippen LogP contribution in [0, 0.1) is 5.92 Å². The minimum Gasteiger partial charge on any atom is -0.497 e. The van der Waals surface area contributed by atoms with Gasteiger partial charge in [-0.05, 0) is 36.1 Å². The number of esters is 1. The normalized spacial score (nSPS) is 16.9. The van der Waals surface area contributed by atoms with E-state index in [1.54, 1.807) is 7.11 Å². The van der Waals surface area contributed by atoms with Crippen molar-refractivity contribution in [1.82, 2.24) is 10.3 Å². The molecule has 2 heterocycles. The summed E-state index contributed by atoms with van der Waals surface area (Å²) < 4.78 is 10.0. The minimum atomic E-state index is -0.337. The summed E-state index contributed by atoms with van der Waals surface area (Å²) in [6.45, 7) is 3.80. The number of ether oxygens (including phenoxy) is 2. The third-order valence-electron chi connectivity index (χ3n) is 4.61. The van der Waals surface area contributed by atoms with Crippen molar-refractivity contribution in [3.63, 3.8) is 0 Å². The van der Waals surface area contributed by atoms with Crippen molar-refractivity contribution in [3.05, 3.63) is 47.8 Å². The van der Waals surface area contributed by atoms with Crippen molar-refractivity contribution < 1.29 is 14.3 Å². The molecule has 25 heavy (non-hydrogen) atoms. The Labute approximate surface area is 148 Å². The van der Waals surface area contributed by atoms with Gasteiger partial charge in [0.15, 0.2) is 0 Å². The van der Waals surface area contributed by atoms with E-state index in [1.165, 1.54) is 19.2 Å². The SMILES string of the molecule is COC(=O)c1cc(CNCC2CCN(c3cccc(OC)c3)C2)c[nH]1. The van der Waals surface area contributed by atoms with E-state index >= 15 is 0 Å². The molecule has 2 aromatic rings. The summed E-state index contributed by atoms with van der Waals surface area (Å²) >= 11 is 0. The molecule has 3 rings (SSSR count). The summed E-state index contributed by atoms with van der Waals surface area (Å²) in [6.07, 6.45) is 3.02. The molecule has 0 amide bonds. The second-order valence-corrected chi connectivity index (χ2v) is 6.35. The van der Waals surface area contributed by atoms with Crippen molar-refractivity contribution in [2.24, 2.45) is 5.92 Å². The predicted molar refractivity (Wildman–Crippen MR) is 97.2 cm³/mol. The minimum absolute atomic E-state index is 0.337. The van der Waals surface area contributed by atoms with Crippen molar-refractivity contribution >= 4 is 11.7 Å². The highest BCUT2D eigenvalue weighted by Crippen LogP contribution is 2.26. The number of hydrogen-bond acceptors (Lipinski definition) is 5. The molecule has 1 aliphatic heterocycles. The van der Waals surface area contributed by atoms with Gasteiger partial charge in [-0.2, -0.15) is 0 Å². The Bertz CT molecular complexity index is 713. The summed E-state index contributed by atoms with van der Waals surface area (Å²) in [5.74, 6) is 1.18. The first-order valence-electron chi connectivity index (χ1n) is 8.55. The van der Waals surface area contributed by atoms with Crippen molar-refractivity contribution in [2.75, 3.05) is 38.8 Å². The van der Waals surface area contributed by atoms with Gasteiger partial charge in [0.1, 0.15) is 11.4 Å². The Kier molecular flexibility index (Phi) is 5.60. The molecule has 1 aromatic carbocycles. The number of nitrogens with one attached hydrogen (secondary N) is 2. The zero-order chi connectivity index (χ0) is 17.6. The smallest absolute Gasteiger partial charge is 0.354 e. The maximum Gasteiger partial charge on any atom is 0.354 e. The molecular formula is C19H25N3O3. The largest absolute Gasteiger partial charge is 0.497 e. The summed E-state index contributed by atoms with van der Waals surface area (Å²) in [5.41, 5.74) is 2.77.